The van der Waals surface area contributed by atoms with Crippen molar-refractivity contribution in [3.63, 3.8) is 0 Å². The molecule has 0 spiro atoms. The maximum atomic E-state index is 12.3. The van der Waals surface area contributed by atoms with Crippen molar-refractivity contribution >= 4 is 12.1 Å². The number of nitrogens with zero attached hydrogens (tertiary/aromatic N) is 1. The van der Waals surface area contributed by atoms with Crippen LogP contribution >= 0.6 is 0 Å². The van der Waals surface area contributed by atoms with Crippen LogP contribution in [0.5, 0.6) is 0 Å². The van der Waals surface area contributed by atoms with E-state index in [4.69, 9.17) is 9.84 Å². The van der Waals surface area contributed by atoms with Crippen molar-refractivity contribution in [2.24, 2.45) is 0 Å². The van der Waals surface area contributed by atoms with E-state index in [1.165, 1.54) is 4.90 Å². The van der Waals surface area contributed by atoms with E-state index >= 15 is 0 Å². The fourth-order valence-corrected chi connectivity index (χ4v) is 2.86. The van der Waals surface area contributed by atoms with E-state index < -0.39 is 12.1 Å². The molecule has 1 N–H and O–H groups in total. The fraction of sp³-hybridized carbons (Fsp3) is 0.529. The normalized spacial score (nSPS) is 15.8. The highest BCUT2D eigenvalue weighted by atomic mass is 16.6. The zero-order valence-corrected chi connectivity index (χ0v) is 12.7. The number of rotatable bonds is 5. The van der Waals surface area contributed by atoms with Crippen molar-refractivity contribution < 1.29 is 19.4 Å². The third-order valence-electron chi connectivity index (χ3n) is 4.01. The first-order valence-electron chi connectivity index (χ1n) is 7.86. The Morgan fingerprint density at radius 1 is 1.09 bits per heavy atom. The van der Waals surface area contributed by atoms with Gasteiger partial charge in [-0.1, -0.05) is 56.0 Å². The number of carbonyl (C=O) groups excluding carboxylic acids is 1. The standard InChI is InChI=1S/C17H23NO4/c19-16(20)12-18(15-10-6-1-2-7-11-15)17(21)22-13-14-8-4-3-5-9-14/h3-5,8-9,15H,1-2,6-7,10-13H2,(H,19,20). The molecule has 0 atom stereocenters. The zero-order valence-electron chi connectivity index (χ0n) is 12.7. The van der Waals surface area contributed by atoms with Crippen molar-refractivity contribution in [3.8, 4) is 0 Å². The molecule has 2 rings (SSSR count). The Morgan fingerprint density at radius 3 is 2.32 bits per heavy atom. The van der Waals surface area contributed by atoms with Crippen molar-refractivity contribution in [2.45, 2.75) is 51.2 Å². The largest absolute Gasteiger partial charge is 0.480 e. The number of carboxylic acids is 1. The molecule has 0 aromatic heterocycles. The van der Waals surface area contributed by atoms with Gasteiger partial charge in [-0.25, -0.2) is 4.79 Å². The Hall–Kier alpha value is -2.04. The van der Waals surface area contributed by atoms with E-state index in [0.29, 0.717) is 0 Å². The molecule has 1 amide bonds. The summed E-state index contributed by atoms with van der Waals surface area (Å²) in [5.41, 5.74) is 0.895. The van der Waals surface area contributed by atoms with Crippen LogP contribution < -0.4 is 0 Å². The Balaban J connectivity index is 1.97. The fourth-order valence-electron chi connectivity index (χ4n) is 2.86. The summed E-state index contributed by atoms with van der Waals surface area (Å²) in [5, 5.41) is 9.07. The van der Waals surface area contributed by atoms with Gasteiger partial charge in [-0.05, 0) is 18.4 Å². The van der Waals surface area contributed by atoms with Gasteiger partial charge >= 0.3 is 12.1 Å². The molecule has 22 heavy (non-hydrogen) atoms. The lowest BCUT2D eigenvalue weighted by Gasteiger charge is -2.29. The molecule has 5 nitrogen and oxygen atoms in total. The van der Waals surface area contributed by atoms with Gasteiger partial charge in [0.05, 0.1) is 0 Å². The molecular weight excluding hydrogens is 282 g/mol. The smallest absolute Gasteiger partial charge is 0.410 e. The second-order valence-corrected chi connectivity index (χ2v) is 5.71. The summed E-state index contributed by atoms with van der Waals surface area (Å²) in [4.78, 5) is 24.8. The van der Waals surface area contributed by atoms with Crippen LogP contribution in [0, 0.1) is 0 Å². The number of carbonyl (C=O) groups is 2. The number of hydrogen-bond donors (Lipinski definition) is 1. The molecule has 0 saturated heterocycles. The molecule has 0 aliphatic heterocycles. The molecule has 0 unspecified atom stereocenters. The molecule has 1 aromatic carbocycles. The van der Waals surface area contributed by atoms with E-state index in [9.17, 15) is 9.59 Å². The summed E-state index contributed by atoms with van der Waals surface area (Å²) in [6.45, 7) is -0.124. The molecule has 0 bridgehead atoms. The lowest BCUT2D eigenvalue weighted by Crippen LogP contribution is -2.43. The quantitative estimate of drug-likeness (QED) is 0.846. The summed E-state index contributed by atoms with van der Waals surface area (Å²) in [6.07, 6.45) is 5.55. The third kappa shape index (κ3) is 5.06. The van der Waals surface area contributed by atoms with Gasteiger partial charge in [0.15, 0.2) is 0 Å². The highest BCUT2D eigenvalue weighted by Crippen LogP contribution is 2.22. The number of carboxylic acid groups (broad SMARTS) is 1. The van der Waals surface area contributed by atoms with E-state index in [-0.39, 0.29) is 19.2 Å². The molecule has 0 radical (unpaired) electrons. The second-order valence-electron chi connectivity index (χ2n) is 5.71. The average molecular weight is 305 g/mol. The van der Waals surface area contributed by atoms with Gasteiger partial charge in [-0.2, -0.15) is 0 Å². The molecule has 1 aliphatic carbocycles. The van der Waals surface area contributed by atoms with Crippen LogP contribution in [0.3, 0.4) is 0 Å². The van der Waals surface area contributed by atoms with Crippen LogP contribution in [-0.4, -0.2) is 34.7 Å². The predicted octanol–water partition coefficient (Wildman–Crippen LogP) is 3.43. The van der Waals surface area contributed by atoms with Crippen LogP contribution in [-0.2, 0) is 16.1 Å². The Morgan fingerprint density at radius 2 is 1.73 bits per heavy atom. The lowest BCUT2D eigenvalue weighted by molar-refractivity contribution is -0.138. The molecule has 5 heteroatoms. The van der Waals surface area contributed by atoms with Crippen LogP contribution in [0.1, 0.15) is 44.1 Å². The first-order chi connectivity index (χ1) is 10.7. The monoisotopic (exact) mass is 305 g/mol. The molecular formula is C17H23NO4. The van der Waals surface area contributed by atoms with E-state index in [1.807, 2.05) is 30.3 Å². The second kappa shape index (κ2) is 8.41. The Labute approximate surface area is 130 Å². The van der Waals surface area contributed by atoms with E-state index in [0.717, 1.165) is 44.1 Å². The van der Waals surface area contributed by atoms with Crippen molar-refractivity contribution in [1.82, 2.24) is 4.90 Å². The van der Waals surface area contributed by atoms with Crippen LogP contribution in [0.25, 0.3) is 0 Å². The first kappa shape index (κ1) is 16.3. The van der Waals surface area contributed by atoms with Crippen LogP contribution in [0.4, 0.5) is 4.79 Å². The van der Waals surface area contributed by atoms with E-state index in [1.54, 1.807) is 0 Å². The topological polar surface area (TPSA) is 66.8 Å². The number of ether oxygens (including phenoxy) is 1. The van der Waals surface area contributed by atoms with Gasteiger partial charge in [0.2, 0.25) is 0 Å². The zero-order chi connectivity index (χ0) is 15.8. The summed E-state index contributed by atoms with van der Waals surface area (Å²) < 4.78 is 5.31. The maximum absolute atomic E-state index is 12.3. The highest BCUT2D eigenvalue weighted by molar-refractivity contribution is 5.77. The van der Waals surface area contributed by atoms with Crippen LogP contribution in [0.15, 0.2) is 30.3 Å². The average Bonchev–Trinajstić information content (AvgIpc) is 2.80. The minimum absolute atomic E-state index is 0.0260. The molecule has 1 aromatic rings. The van der Waals surface area contributed by atoms with Crippen molar-refractivity contribution in [2.75, 3.05) is 6.54 Å². The molecule has 1 aliphatic rings. The highest BCUT2D eigenvalue weighted by Gasteiger charge is 2.27. The Bertz CT molecular complexity index is 481. The molecule has 1 saturated carbocycles. The Kier molecular flexibility index (Phi) is 6.25. The summed E-state index contributed by atoms with van der Waals surface area (Å²) in [5.74, 6) is -0.999. The molecule has 120 valence electrons. The van der Waals surface area contributed by atoms with Crippen molar-refractivity contribution in [1.29, 1.82) is 0 Å². The van der Waals surface area contributed by atoms with Gasteiger partial charge in [0.25, 0.3) is 0 Å². The van der Waals surface area contributed by atoms with E-state index in [2.05, 4.69) is 0 Å². The third-order valence-corrected chi connectivity index (χ3v) is 4.01. The predicted molar refractivity (Wildman–Crippen MR) is 82.5 cm³/mol. The SMILES string of the molecule is O=C(O)CN(C(=O)OCc1ccccc1)C1CCCCCC1. The maximum Gasteiger partial charge on any atom is 0.410 e. The number of hydrogen-bond acceptors (Lipinski definition) is 3. The van der Waals surface area contributed by atoms with Gasteiger partial charge < -0.3 is 9.84 Å². The molecule has 1 fully saturated rings. The summed E-state index contributed by atoms with van der Waals surface area (Å²) >= 11 is 0. The van der Waals surface area contributed by atoms with Gasteiger partial charge in [-0.3, -0.25) is 9.69 Å². The first-order valence-corrected chi connectivity index (χ1v) is 7.86. The van der Waals surface area contributed by atoms with Gasteiger partial charge in [0, 0.05) is 6.04 Å². The lowest BCUT2D eigenvalue weighted by atomic mass is 10.1. The minimum atomic E-state index is -0.999. The number of benzene rings is 1. The summed E-state index contributed by atoms with van der Waals surface area (Å²) in [6, 6.07) is 9.38. The summed E-state index contributed by atoms with van der Waals surface area (Å²) in [7, 11) is 0. The van der Waals surface area contributed by atoms with Gasteiger partial charge in [-0.15, -0.1) is 0 Å². The van der Waals surface area contributed by atoms with Gasteiger partial charge in [0.1, 0.15) is 13.2 Å². The number of amides is 1. The molecule has 0 heterocycles. The minimum Gasteiger partial charge on any atom is -0.480 e. The number of aliphatic carboxylic acids is 1. The van der Waals surface area contributed by atoms with Crippen molar-refractivity contribution in [3.05, 3.63) is 35.9 Å². The van der Waals surface area contributed by atoms with Crippen LogP contribution in [0.2, 0.25) is 0 Å².